The molecule has 2 aliphatic rings. The largest absolute Gasteiger partial charge is 0.396 e. The Morgan fingerprint density at radius 1 is 0.588 bits per heavy atom. The number of aliphatic hydroxyl groups excluding tert-OH is 1. The van der Waals surface area contributed by atoms with Crippen LogP contribution in [0.4, 0.5) is 17.1 Å². The molecule has 274 valence electrons. The van der Waals surface area contributed by atoms with E-state index < -0.39 is 0 Å². The van der Waals surface area contributed by atoms with E-state index in [0.717, 1.165) is 43.9 Å². The molecule has 0 bridgehead atoms. The molecule has 1 fully saturated rings. The number of fused-ring (bicyclic) bond motifs is 1. The van der Waals surface area contributed by atoms with Gasteiger partial charge in [0, 0.05) is 85.7 Å². The maximum absolute atomic E-state index is 12.3. The molecule has 4 aromatic carbocycles. The van der Waals surface area contributed by atoms with Crippen LogP contribution in [0.15, 0.2) is 97.1 Å². The van der Waals surface area contributed by atoms with E-state index >= 15 is 0 Å². The standard InChI is InChI=1S/C18H18N2O2.C10H16N2.C10H15NO.C4H8O/c1-19(2)14-9-7-13(8-10-14)11-12-20-17(21)15-5-3-4-6-16(15)18(20)22;1-12(2)10-5-3-9(4-6-10)7-8-11;1-11(2)10-5-3-9(4-6-10)7-8-12;1-2-4-5-3-1/h3-10H,11-12H2,1-2H3;3-6H,7-8,11H2,1-2H3;3-6,12H,7-8H2,1-2H3;1-4H2. The predicted molar refractivity (Wildman–Crippen MR) is 211 cm³/mol. The Morgan fingerprint density at radius 3 is 1.27 bits per heavy atom. The monoisotopic (exact) mass is 695 g/mol. The number of nitrogens with two attached hydrogens (primary N) is 1. The summed E-state index contributed by atoms with van der Waals surface area (Å²) in [5.41, 5.74) is 13.6. The number of hydrogen-bond donors (Lipinski definition) is 2. The number of anilines is 3. The first-order chi connectivity index (χ1) is 24.5. The van der Waals surface area contributed by atoms with E-state index in [4.69, 9.17) is 15.6 Å². The summed E-state index contributed by atoms with van der Waals surface area (Å²) < 4.78 is 4.94. The van der Waals surface area contributed by atoms with Gasteiger partial charge in [-0.05, 0) is 104 Å². The van der Waals surface area contributed by atoms with Crippen LogP contribution in [0.25, 0.3) is 0 Å². The zero-order valence-electron chi connectivity index (χ0n) is 31.3. The van der Waals surface area contributed by atoms with Crippen molar-refractivity contribution in [3.05, 3.63) is 125 Å². The molecule has 0 atom stereocenters. The second kappa shape index (κ2) is 21.5. The summed E-state index contributed by atoms with van der Waals surface area (Å²) >= 11 is 0. The minimum absolute atomic E-state index is 0.189. The highest BCUT2D eigenvalue weighted by molar-refractivity contribution is 6.21. The number of ether oxygens (including phenoxy) is 1. The normalized spacial score (nSPS) is 12.8. The molecule has 0 spiro atoms. The number of nitrogens with zero attached hydrogens (tertiary/aromatic N) is 4. The Hall–Kier alpha value is -4.70. The molecule has 9 heteroatoms. The molecule has 2 aliphatic heterocycles. The molecule has 51 heavy (non-hydrogen) atoms. The van der Waals surface area contributed by atoms with Crippen LogP contribution in [0.1, 0.15) is 50.2 Å². The van der Waals surface area contributed by atoms with Crippen LogP contribution in [0, 0.1) is 0 Å². The molecule has 2 amide bonds. The first kappa shape index (κ1) is 40.7. The van der Waals surface area contributed by atoms with E-state index in [0.29, 0.717) is 24.1 Å². The summed E-state index contributed by atoms with van der Waals surface area (Å²) in [6.45, 7) is 3.36. The number of carbonyl (C=O) groups is 2. The number of imide groups is 1. The molecule has 0 aliphatic carbocycles. The van der Waals surface area contributed by atoms with Crippen LogP contribution >= 0.6 is 0 Å². The van der Waals surface area contributed by atoms with Gasteiger partial charge < -0.3 is 30.3 Å². The molecule has 0 aromatic heterocycles. The van der Waals surface area contributed by atoms with Crippen LogP contribution in [-0.4, -0.2) is 97.0 Å². The maximum Gasteiger partial charge on any atom is 0.261 e. The minimum Gasteiger partial charge on any atom is -0.396 e. The number of carbonyl (C=O) groups excluding carboxylic acids is 2. The highest BCUT2D eigenvalue weighted by Gasteiger charge is 2.34. The van der Waals surface area contributed by atoms with Gasteiger partial charge in [-0.2, -0.15) is 0 Å². The van der Waals surface area contributed by atoms with Crippen LogP contribution < -0.4 is 20.4 Å². The highest BCUT2D eigenvalue weighted by atomic mass is 16.5. The second-order valence-electron chi connectivity index (χ2n) is 13.1. The Labute approximate surface area is 305 Å². The summed E-state index contributed by atoms with van der Waals surface area (Å²) in [7, 11) is 12.1. The van der Waals surface area contributed by atoms with Gasteiger partial charge in [0.25, 0.3) is 11.8 Å². The van der Waals surface area contributed by atoms with Gasteiger partial charge in [-0.1, -0.05) is 48.5 Å². The molecular weight excluding hydrogens is 638 g/mol. The predicted octanol–water partition coefficient (Wildman–Crippen LogP) is 5.93. The van der Waals surface area contributed by atoms with Crippen LogP contribution in [0.2, 0.25) is 0 Å². The Balaban J connectivity index is 0.000000206. The summed E-state index contributed by atoms with van der Waals surface area (Å²) in [5.74, 6) is -0.379. The molecule has 9 nitrogen and oxygen atoms in total. The fourth-order valence-electron chi connectivity index (χ4n) is 5.37. The minimum atomic E-state index is -0.189. The molecular formula is C42H57N5O4. The Kier molecular flexibility index (Phi) is 17.2. The molecule has 0 saturated carbocycles. The third kappa shape index (κ3) is 13.2. The lowest BCUT2D eigenvalue weighted by molar-refractivity contribution is 0.0656. The highest BCUT2D eigenvalue weighted by Crippen LogP contribution is 2.23. The van der Waals surface area contributed by atoms with Crippen LogP contribution in [0.3, 0.4) is 0 Å². The van der Waals surface area contributed by atoms with Gasteiger partial charge in [-0.25, -0.2) is 0 Å². The number of amides is 2. The zero-order valence-corrected chi connectivity index (χ0v) is 31.3. The van der Waals surface area contributed by atoms with E-state index in [1.807, 2.05) is 83.6 Å². The lowest BCUT2D eigenvalue weighted by Gasteiger charge is -2.15. The van der Waals surface area contributed by atoms with Crippen molar-refractivity contribution in [1.82, 2.24) is 4.90 Å². The smallest absolute Gasteiger partial charge is 0.261 e. The summed E-state index contributed by atoms with van der Waals surface area (Å²) in [4.78, 5) is 32.1. The zero-order chi connectivity index (χ0) is 37.2. The van der Waals surface area contributed by atoms with Crippen molar-refractivity contribution in [3.8, 4) is 0 Å². The van der Waals surface area contributed by atoms with Crippen LogP contribution in [0.5, 0.6) is 0 Å². The van der Waals surface area contributed by atoms with Crippen molar-refractivity contribution in [3.63, 3.8) is 0 Å². The second-order valence-corrected chi connectivity index (χ2v) is 13.1. The summed E-state index contributed by atoms with van der Waals surface area (Å²) in [6.07, 6.45) is 4.93. The third-order valence-corrected chi connectivity index (χ3v) is 8.52. The SMILES string of the molecule is C1CCOC1.CN(C)c1ccc(CCN)cc1.CN(C)c1ccc(CCN2C(=O)c3ccccc3C2=O)cc1.CN(C)c1ccc(CCO)cc1. The summed E-state index contributed by atoms with van der Waals surface area (Å²) in [5, 5.41) is 8.69. The van der Waals surface area contributed by atoms with Crippen molar-refractivity contribution >= 4 is 28.9 Å². The van der Waals surface area contributed by atoms with Gasteiger partial charge in [-0.15, -0.1) is 0 Å². The third-order valence-electron chi connectivity index (χ3n) is 8.52. The van der Waals surface area contributed by atoms with Crippen molar-refractivity contribution in [2.75, 3.05) is 89.9 Å². The topological polar surface area (TPSA) is 103 Å². The Bertz CT molecular complexity index is 1500. The van der Waals surface area contributed by atoms with Gasteiger partial charge >= 0.3 is 0 Å². The fourth-order valence-corrected chi connectivity index (χ4v) is 5.37. The van der Waals surface area contributed by atoms with Crippen molar-refractivity contribution in [1.29, 1.82) is 0 Å². The van der Waals surface area contributed by atoms with E-state index in [9.17, 15) is 9.59 Å². The molecule has 0 radical (unpaired) electrons. The van der Waals surface area contributed by atoms with E-state index in [2.05, 4.69) is 46.2 Å². The van der Waals surface area contributed by atoms with Gasteiger partial charge in [0.2, 0.25) is 0 Å². The first-order valence-corrected chi connectivity index (χ1v) is 17.7. The number of rotatable bonds is 10. The van der Waals surface area contributed by atoms with Crippen molar-refractivity contribution in [2.45, 2.75) is 32.1 Å². The summed E-state index contributed by atoms with van der Waals surface area (Å²) in [6, 6.07) is 31.8. The quantitative estimate of drug-likeness (QED) is 0.197. The van der Waals surface area contributed by atoms with Crippen molar-refractivity contribution < 1.29 is 19.4 Å². The molecule has 3 N–H and O–H groups in total. The number of benzene rings is 4. The Morgan fingerprint density at radius 2 is 0.961 bits per heavy atom. The van der Waals surface area contributed by atoms with Crippen molar-refractivity contribution in [2.24, 2.45) is 5.73 Å². The lowest BCUT2D eigenvalue weighted by atomic mass is 10.1. The fraction of sp³-hybridized carbons (Fsp3) is 0.381. The number of hydrogen-bond acceptors (Lipinski definition) is 8. The van der Waals surface area contributed by atoms with Gasteiger partial charge in [0.15, 0.2) is 0 Å². The molecule has 4 aromatic rings. The maximum atomic E-state index is 12.3. The molecule has 0 unspecified atom stereocenters. The van der Waals surface area contributed by atoms with E-state index in [1.54, 1.807) is 24.3 Å². The molecule has 2 heterocycles. The van der Waals surface area contributed by atoms with E-state index in [1.165, 1.54) is 40.2 Å². The van der Waals surface area contributed by atoms with Gasteiger partial charge in [0.05, 0.1) is 11.1 Å². The molecule has 1 saturated heterocycles. The van der Waals surface area contributed by atoms with Gasteiger partial charge in [0.1, 0.15) is 0 Å². The van der Waals surface area contributed by atoms with Gasteiger partial charge in [-0.3, -0.25) is 14.5 Å². The first-order valence-electron chi connectivity index (χ1n) is 17.7. The average molecular weight is 696 g/mol. The van der Waals surface area contributed by atoms with Crippen LogP contribution in [-0.2, 0) is 24.0 Å². The number of aliphatic hydroxyl groups is 1. The molecule has 6 rings (SSSR count). The average Bonchev–Trinajstić information content (AvgIpc) is 3.80. The lowest BCUT2D eigenvalue weighted by Crippen LogP contribution is -2.31. The van der Waals surface area contributed by atoms with E-state index in [-0.39, 0.29) is 18.4 Å².